The molecule has 1 aromatic carbocycles. The van der Waals surface area contributed by atoms with Crippen LogP contribution in [0.1, 0.15) is 36.2 Å². The largest absolute Gasteiger partial charge is 0.466 e. The van der Waals surface area contributed by atoms with Crippen LogP contribution in [0.25, 0.3) is 0 Å². The minimum atomic E-state index is -0.575. The quantitative estimate of drug-likeness (QED) is 0.764. The standard InChI is InChI=1S/C22H25N3O3/c1-3-28-21(27)22(2)11-14-24(15-22)19-17(8-6-12-23-19)20(26)25-13-10-16-7-4-5-9-18(16)25/h4-9,12H,3,10-11,13-15H2,1-2H3. The predicted octanol–water partition coefficient (Wildman–Crippen LogP) is 3.06. The fourth-order valence-electron chi connectivity index (χ4n) is 4.12. The Kier molecular flexibility index (Phi) is 4.79. The normalized spacial score (nSPS) is 20.9. The van der Waals surface area contributed by atoms with Gasteiger partial charge in [0.15, 0.2) is 0 Å². The van der Waals surface area contributed by atoms with Gasteiger partial charge in [-0.25, -0.2) is 4.98 Å². The maximum absolute atomic E-state index is 13.4. The molecule has 6 heteroatoms. The molecule has 1 amide bonds. The molecule has 28 heavy (non-hydrogen) atoms. The minimum absolute atomic E-state index is 0.0437. The molecular formula is C22H25N3O3. The Morgan fingerprint density at radius 3 is 2.82 bits per heavy atom. The molecule has 4 rings (SSSR count). The van der Waals surface area contributed by atoms with Gasteiger partial charge in [-0.15, -0.1) is 0 Å². The maximum Gasteiger partial charge on any atom is 0.313 e. The molecule has 1 saturated heterocycles. The Morgan fingerprint density at radius 1 is 1.18 bits per heavy atom. The molecular weight excluding hydrogens is 354 g/mol. The van der Waals surface area contributed by atoms with Gasteiger partial charge < -0.3 is 14.5 Å². The number of hydrogen-bond acceptors (Lipinski definition) is 5. The van der Waals surface area contributed by atoms with Crippen molar-refractivity contribution in [3.05, 3.63) is 53.7 Å². The van der Waals surface area contributed by atoms with Gasteiger partial charge in [0.2, 0.25) is 0 Å². The Bertz CT molecular complexity index is 913. The topological polar surface area (TPSA) is 62.7 Å². The highest BCUT2D eigenvalue weighted by atomic mass is 16.5. The number of carbonyl (C=O) groups is 2. The maximum atomic E-state index is 13.4. The van der Waals surface area contributed by atoms with Crippen LogP contribution < -0.4 is 9.80 Å². The number of amides is 1. The lowest BCUT2D eigenvalue weighted by atomic mass is 9.90. The molecule has 2 aliphatic heterocycles. The van der Waals surface area contributed by atoms with E-state index in [0.717, 1.165) is 12.1 Å². The molecule has 0 saturated carbocycles. The summed E-state index contributed by atoms with van der Waals surface area (Å²) in [5.41, 5.74) is 2.17. The van der Waals surface area contributed by atoms with Crippen LogP contribution in [-0.4, -0.2) is 43.1 Å². The Morgan fingerprint density at radius 2 is 2.00 bits per heavy atom. The first-order valence-corrected chi connectivity index (χ1v) is 9.80. The van der Waals surface area contributed by atoms with E-state index in [0.29, 0.717) is 44.0 Å². The van der Waals surface area contributed by atoms with Gasteiger partial charge in [-0.1, -0.05) is 18.2 Å². The number of ether oxygens (including phenoxy) is 1. The van der Waals surface area contributed by atoms with Gasteiger partial charge >= 0.3 is 5.97 Å². The first-order chi connectivity index (χ1) is 13.5. The molecule has 1 atom stereocenters. The van der Waals surface area contributed by atoms with Crippen molar-refractivity contribution in [2.24, 2.45) is 5.41 Å². The van der Waals surface area contributed by atoms with Crippen LogP contribution in [0, 0.1) is 5.41 Å². The molecule has 3 heterocycles. The number of hydrogen-bond donors (Lipinski definition) is 0. The summed E-state index contributed by atoms with van der Waals surface area (Å²) in [7, 11) is 0. The molecule has 0 radical (unpaired) electrons. The van der Waals surface area contributed by atoms with Crippen LogP contribution in [0.5, 0.6) is 0 Å². The SMILES string of the molecule is CCOC(=O)C1(C)CCN(c2ncccc2C(=O)N2CCc3ccccc32)C1. The van der Waals surface area contributed by atoms with E-state index in [2.05, 4.69) is 11.1 Å². The van der Waals surface area contributed by atoms with E-state index in [9.17, 15) is 9.59 Å². The highest BCUT2D eigenvalue weighted by Gasteiger charge is 2.43. The number of carbonyl (C=O) groups excluding carboxylic acids is 2. The lowest BCUT2D eigenvalue weighted by Crippen LogP contribution is -2.35. The van der Waals surface area contributed by atoms with E-state index in [1.165, 1.54) is 5.56 Å². The fraction of sp³-hybridized carbons (Fsp3) is 0.409. The van der Waals surface area contributed by atoms with Crippen molar-refractivity contribution < 1.29 is 14.3 Å². The zero-order chi connectivity index (χ0) is 19.7. The number of fused-ring (bicyclic) bond motifs is 1. The van der Waals surface area contributed by atoms with Gasteiger partial charge in [0.1, 0.15) is 5.82 Å². The van der Waals surface area contributed by atoms with Gasteiger partial charge in [0, 0.05) is 31.5 Å². The van der Waals surface area contributed by atoms with Crippen molar-refractivity contribution in [3.63, 3.8) is 0 Å². The number of aromatic nitrogens is 1. The highest BCUT2D eigenvalue weighted by molar-refractivity contribution is 6.10. The molecule has 0 spiro atoms. The summed E-state index contributed by atoms with van der Waals surface area (Å²) in [6.07, 6.45) is 3.24. The number of pyridine rings is 1. The van der Waals surface area contributed by atoms with Crippen molar-refractivity contribution in [2.45, 2.75) is 26.7 Å². The van der Waals surface area contributed by atoms with Gasteiger partial charge in [-0.3, -0.25) is 9.59 Å². The number of para-hydroxylation sites is 1. The second-order valence-electron chi connectivity index (χ2n) is 7.66. The van der Waals surface area contributed by atoms with Crippen LogP contribution in [0.15, 0.2) is 42.6 Å². The molecule has 0 bridgehead atoms. The summed E-state index contributed by atoms with van der Waals surface area (Å²) in [5.74, 6) is 0.414. The van der Waals surface area contributed by atoms with Gasteiger partial charge in [-0.2, -0.15) is 0 Å². The zero-order valence-electron chi connectivity index (χ0n) is 16.4. The van der Waals surface area contributed by atoms with E-state index < -0.39 is 5.41 Å². The molecule has 0 N–H and O–H groups in total. The molecule has 2 aromatic rings. The van der Waals surface area contributed by atoms with Gasteiger partial charge in [-0.05, 0) is 50.5 Å². The van der Waals surface area contributed by atoms with Gasteiger partial charge in [0.25, 0.3) is 5.91 Å². The van der Waals surface area contributed by atoms with E-state index in [1.807, 2.05) is 47.9 Å². The Balaban J connectivity index is 1.60. The molecule has 0 aliphatic carbocycles. The van der Waals surface area contributed by atoms with E-state index in [1.54, 1.807) is 12.3 Å². The van der Waals surface area contributed by atoms with Crippen molar-refractivity contribution >= 4 is 23.4 Å². The third kappa shape index (κ3) is 3.13. The Labute approximate surface area is 165 Å². The van der Waals surface area contributed by atoms with Gasteiger partial charge in [0.05, 0.1) is 17.6 Å². The molecule has 2 aliphatic rings. The first-order valence-electron chi connectivity index (χ1n) is 9.80. The van der Waals surface area contributed by atoms with Crippen LogP contribution in [-0.2, 0) is 16.0 Å². The zero-order valence-corrected chi connectivity index (χ0v) is 16.4. The number of rotatable bonds is 4. The predicted molar refractivity (Wildman–Crippen MR) is 108 cm³/mol. The Hall–Kier alpha value is -2.89. The summed E-state index contributed by atoms with van der Waals surface area (Å²) >= 11 is 0. The number of benzene rings is 1. The minimum Gasteiger partial charge on any atom is -0.466 e. The highest BCUT2D eigenvalue weighted by Crippen LogP contribution is 2.36. The summed E-state index contributed by atoms with van der Waals surface area (Å²) in [5, 5.41) is 0. The fourth-order valence-corrected chi connectivity index (χ4v) is 4.12. The second kappa shape index (κ2) is 7.26. The van der Waals surface area contributed by atoms with Crippen LogP contribution in [0.4, 0.5) is 11.5 Å². The average Bonchev–Trinajstić information content (AvgIpc) is 3.32. The summed E-state index contributed by atoms with van der Waals surface area (Å²) in [4.78, 5) is 34.1. The van der Waals surface area contributed by atoms with E-state index >= 15 is 0 Å². The number of esters is 1. The lowest BCUT2D eigenvalue weighted by Gasteiger charge is -2.25. The lowest BCUT2D eigenvalue weighted by molar-refractivity contribution is -0.153. The third-order valence-corrected chi connectivity index (χ3v) is 5.69. The number of anilines is 2. The van der Waals surface area contributed by atoms with E-state index in [-0.39, 0.29) is 11.9 Å². The average molecular weight is 379 g/mol. The number of nitrogens with zero attached hydrogens (tertiary/aromatic N) is 3. The monoisotopic (exact) mass is 379 g/mol. The van der Waals surface area contributed by atoms with Crippen molar-refractivity contribution in [2.75, 3.05) is 36.0 Å². The molecule has 6 nitrogen and oxygen atoms in total. The molecule has 1 unspecified atom stereocenters. The van der Waals surface area contributed by atoms with Crippen LogP contribution in [0.3, 0.4) is 0 Å². The van der Waals surface area contributed by atoms with Crippen molar-refractivity contribution in [3.8, 4) is 0 Å². The smallest absolute Gasteiger partial charge is 0.313 e. The molecule has 1 aromatic heterocycles. The van der Waals surface area contributed by atoms with E-state index in [4.69, 9.17) is 4.74 Å². The van der Waals surface area contributed by atoms with Crippen molar-refractivity contribution in [1.29, 1.82) is 0 Å². The summed E-state index contributed by atoms with van der Waals surface area (Å²) < 4.78 is 5.25. The summed E-state index contributed by atoms with van der Waals surface area (Å²) in [6, 6.07) is 11.6. The van der Waals surface area contributed by atoms with Crippen LogP contribution in [0.2, 0.25) is 0 Å². The molecule has 1 fully saturated rings. The third-order valence-electron chi connectivity index (χ3n) is 5.69. The summed E-state index contributed by atoms with van der Waals surface area (Å²) in [6.45, 7) is 5.95. The first kappa shape index (κ1) is 18.5. The second-order valence-corrected chi connectivity index (χ2v) is 7.66. The van der Waals surface area contributed by atoms with Crippen LogP contribution >= 0.6 is 0 Å². The van der Waals surface area contributed by atoms with Crippen molar-refractivity contribution in [1.82, 2.24) is 4.98 Å². The molecule has 146 valence electrons.